The average Bonchev–Trinajstić information content (AvgIpc) is 3.16. The molecule has 0 fully saturated rings. The van der Waals surface area contributed by atoms with Crippen LogP contribution in [0.1, 0.15) is 21.7 Å². The number of aromatic nitrogens is 3. The Bertz CT molecular complexity index is 1180. The van der Waals surface area contributed by atoms with Crippen LogP contribution in [0, 0.1) is 13.8 Å². The van der Waals surface area contributed by atoms with Crippen molar-refractivity contribution in [3.05, 3.63) is 94.8 Å². The second kappa shape index (κ2) is 7.89. The molecule has 0 saturated heterocycles. The van der Waals surface area contributed by atoms with Crippen molar-refractivity contribution in [2.75, 3.05) is 5.32 Å². The van der Waals surface area contributed by atoms with E-state index >= 15 is 0 Å². The first kappa shape index (κ1) is 18.9. The fourth-order valence-corrected chi connectivity index (χ4v) is 3.26. The van der Waals surface area contributed by atoms with E-state index in [9.17, 15) is 4.79 Å². The maximum Gasteiger partial charge on any atom is 0.295 e. The molecule has 0 aliphatic heterocycles. The van der Waals surface area contributed by atoms with Crippen LogP contribution >= 0.6 is 11.6 Å². The maximum atomic E-state index is 12.8. The standard InChI is InChI=1S/C23H19ClN4O/c1-15-8-6-11-18(14-15)25-23(29)21-26-22(17-9-4-3-5-10-17)28(27-21)20-13-7-12-19(24)16(20)2/h3-14H,1-2H3,(H,25,29). The molecular weight excluding hydrogens is 384 g/mol. The van der Waals surface area contributed by atoms with Gasteiger partial charge in [-0.25, -0.2) is 9.67 Å². The zero-order chi connectivity index (χ0) is 20.4. The Kier molecular flexibility index (Phi) is 5.14. The van der Waals surface area contributed by atoms with Crippen LogP contribution in [0.25, 0.3) is 17.1 Å². The molecule has 1 amide bonds. The second-order valence-corrected chi connectivity index (χ2v) is 7.15. The summed E-state index contributed by atoms with van der Waals surface area (Å²) in [6, 6.07) is 22.8. The van der Waals surface area contributed by atoms with Crippen molar-refractivity contribution in [1.82, 2.24) is 14.8 Å². The third kappa shape index (κ3) is 3.91. The van der Waals surface area contributed by atoms with Gasteiger partial charge in [-0.1, -0.05) is 60.1 Å². The van der Waals surface area contributed by atoms with Crippen LogP contribution in [0.4, 0.5) is 5.69 Å². The Balaban J connectivity index is 1.79. The van der Waals surface area contributed by atoms with Crippen molar-refractivity contribution < 1.29 is 4.79 Å². The van der Waals surface area contributed by atoms with Crippen LogP contribution in [0.2, 0.25) is 5.02 Å². The van der Waals surface area contributed by atoms with Crippen LogP contribution in [-0.2, 0) is 0 Å². The molecule has 1 N–H and O–H groups in total. The molecule has 3 aromatic carbocycles. The van der Waals surface area contributed by atoms with E-state index in [0.29, 0.717) is 16.5 Å². The molecule has 0 atom stereocenters. The SMILES string of the molecule is Cc1cccc(NC(=O)c2nc(-c3ccccc3)n(-c3cccc(Cl)c3C)n2)c1. The van der Waals surface area contributed by atoms with Crippen molar-refractivity contribution in [2.45, 2.75) is 13.8 Å². The van der Waals surface area contributed by atoms with E-state index in [1.807, 2.05) is 86.6 Å². The fourth-order valence-electron chi connectivity index (χ4n) is 3.09. The van der Waals surface area contributed by atoms with E-state index in [4.69, 9.17) is 11.6 Å². The van der Waals surface area contributed by atoms with E-state index in [1.54, 1.807) is 4.68 Å². The molecular formula is C23H19ClN4O. The first-order chi connectivity index (χ1) is 14.0. The number of amides is 1. The topological polar surface area (TPSA) is 59.8 Å². The molecule has 0 saturated carbocycles. The second-order valence-electron chi connectivity index (χ2n) is 6.74. The molecule has 0 aliphatic rings. The Morgan fingerprint density at radius 1 is 0.966 bits per heavy atom. The molecule has 1 aromatic heterocycles. The summed E-state index contributed by atoms with van der Waals surface area (Å²) in [6.45, 7) is 3.89. The molecule has 0 bridgehead atoms. The van der Waals surface area contributed by atoms with Crippen molar-refractivity contribution >= 4 is 23.2 Å². The minimum absolute atomic E-state index is 0.0877. The molecule has 1 heterocycles. The Morgan fingerprint density at radius 3 is 2.48 bits per heavy atom. The molecule has 0 unspecified atom stereocenters. The van der Waals surface area contributed by atoms with Gasteiger partial charge >= 0.3 is 0 Å². The lowest BCUT2D eigenvalue weighted by atomic mass is 10.2. The third-order valence-electron chi connectivity index (χ3n) is 4.59. The molecule has 29 heavy (non-hydrogen) atoms. The smallest absolute Gasteiger partial charge is 0.295 e. The minimum atomic E-state index is -0.369. The summed E-state index contributed by atoms with van der Waals surface area (Å²) in [6.07, 6.45) is 0. The highest BCUT2D eigenvalue weighted by Gasteiger charge is 2.20. The van der Waals surface area contributed by atoms with Crippen molar-refractivity contribution in [1.29, 1.82) is 0 Å². The predicted molar refractivity (Wildman–Crippen MR) is 116 cm³/mol. The summed E-state index contributed by atoms with van der Waals surface area (Å²) in [5, 5.41) is 8.00. The number of nitrogens with zero attached hydrogens (tertiary/aromatic N) is 3. The van der Waals surface area contributed by atoms with E-state index in [-0.39, 0.29) is 11.7 Å². The molecule has 0 radical (unpaired) electrons. The molecule has 6 heteroatoms. The number of nitrogens with one attached hydrogen (secondary N) is 1. The summed E-state index contributed by atoms with van der Waals surface area (Å²) in [5.74, 6) is 0.293. The first-order valence-corrected chi connectivity index (χ1v) is 9.57. The lowest BCUT2D eigenvalue weighted by Crippen LogP contribution is -2.14. The zero-order valence-corrected chi connectivity index (χ0v) is 16.8. The zero-order valence-electron chi connectivity index (χ0n) is 16.1. The van der Waals surface area contributed by atoms with E-state index in [1.165, 1.54) is 0 Å². The normalized spacial score (nSPS) is 10.7. The monoisotopic (exact) mass is 402 g/mol. The van der Waals surface area contributed by atoms with Crippen molar-refractivity contribution in [2.24, 2.45) is 0 Å². The number of carbonyl (C=O) groups is 1. The summed E-state index contributed by atoms with van der Waals surface area (Å²) < 4.78 is 1.67. The van der Waals surface area contributed by atoms with E-state index < -0.39 is 0 Å². The largest absolute Gasteiger partial charge is 0.319 e. The predicted octanol–water partition coefficient (Wildman–Crippen LogP) is 5.46. The molecule has 144 valence electrons. The van der Waals surface area contributed by atoms with Crippen molar-refractivity contribution in [3.63, 3.8) is 0 Å². The highest BCUT2D eigenvalue weighted by Crippen LogP contribution is 2.27. The molecule has 4 aromatic rings. The number of hydrogen-bond acceptors (Lipinski definition) is 3. The molecule has 0 aliphatic carbocycles. The van der Waals surface area contributed by atoms with Gasteiger partial charge in [-0.15, -0.1) is 5.10 Å². The number of carbonyl (C=O) groups excluding carboxylic acids is 1. The minimum Gasteiger partial charge on any atom is -0.319 e. The number of hydrogen-bond donors (Lipinski definition) is 1. The van der Waals surface area contributed by atoms with Crippen LogP contribution in [0.15, 0.2) is 72.8 Å². The van der Waals surface area contributed by atoms with Crippen LogP contribution < -0.4 is 5.32 Å². The van der Waals surface area contributed by atoms with Crippen molar-refractivity contribution in [3.8, 4) is 17.1 Å². The van der Waals surface area contributed by atoms with Crippen LogP contribution in [0.5, 0.6) is 0 Å². The first-order valence-electron chi connectivity index (χ1n) is 9.19. The highest BCUT2D eigenvalue weighted by molar-refractivity contribution is 6.31. The van der Waals surface area contributed by atoms with Gasteiger partial charge < -0.3 is 5.32 Å². The van der Waals surface area contributed by atoms with Gasteiger partial charge in [0.2, 0.25) is 5.82 Å². The average molecular weight is 403 g/mol. The number of rotatable bonds is 4. The summed E-state index contributed by atoms with van der Waals surface area (Å²) in [5.41, 5.74) is 4.25. The summed E-state index contributed by atoms with van der Waals surface area (Å²) in [7, 11) is 0. The number of aryl methyl sites for hydroxylation is 1. The number of halogens is 1. The Morgan fingerprint density at radius 2 is 1.72 bits per heavy atom. The van der Waals surface area contributed by atoms with Gasteiger partial charge in [0.25, 0.3) is 5.91 Å². The van der Waals surface area contributed by atoms with Gasteiger partial charge in [-0.05, 0) is 49.2 Å². The summed E-state index contributed by atoms with van der Waals surface area (Å²) in [4.78, 5) is 17.4. The Hall–Kier alpha value is -3.44. The molecule has 5 nitrogen and oxygen atoms in total. The number of anilines is 1. The van der Waals surface area contributed by atoms with Gasteiger partial charge in [0.05, 0.1) is 5.69 Å². The van der Waals surface area contributed by atoms with E-state index in [0.717, 1.165) is 22.4 Å². The third-order valence-corrected chi connectivity index (χ3v) is 4.99. The van der Waals surface area contributed by atoms with Gasteiger partial charge in [-0.2, -0.15) is 0 Å². The van der Waals surface area contributed by atoms with E-state index in [2.05, 4.69) is 15.4 Å². The fraction of sp³-hybridized carbons (Fsp3) is 0.0870. The van der Waals surface area contributed by atoms with Crippen LogP contribution in [-0.4, -0.2) is 20.7 Å². The lowest BCUT2D eigenvalue weighted by Gasteiger charge is -2.10. The van der Waals surface area contributed by atoms with Gasteiger partial charge in [0.1, 0.15) is 0 Å². The van der Waals surface area contributed by atoms with Gasteiger partial charge in [0, 0.05) is 16.3 Å². The highest BCUT2D eigenvalue weighted by atomic mass is 35.5. The maximum absolute atomic E-state index is 12.8. The molecule has 4 rings (SSSR count). The lowest BCUT2D eigenvalue weighted by molar-refractivity contribution is 0.101. The Labute approximate surface area is 174 Å². The number of benzene rings is 3. The quantitative estimate of drug-likeness (QED) is 0.493. The van der Waals surface area contributed by atoms with Crippen LogP contribution in [0.3, 0.4) is 0 Å². The van der Waals surface area contributed by atoms with Gasteiger partial charge in [-0.3, -0.25) is 4.79 Å². The van der Waals surface area contributed by atoms with Gasteiger partial charge in [0.15, 0.2) is 5.82 Å². The summed E-state index contributed by atoms with van der Waals surface area (Å²) >= 11 is 6.31. The molecule has 0 spiro atoms.